The van der Waals surface area contributed by atoms with Crippen molar-refractivity contribution >= 4 is 33.3 Å². The standard InChI is InChI=1S/C18H24N6O3S2/c25-18-21-9-13-23(18)12-8-20-17-19-7-6-14(22-17)15-4-5-16(28-15)29(26,27)24-10-2-1-3-11-24/h4-7H,1-3,8-13H2,(H,21,25)(H,19,20,22). The molecule has 2 aliphatic rings. The minimum absolute atomic E-state index is 0.0532. The molecule has 2 fully saturated rings. The third-order valence-electron chi connectivity index (χ3n) is 5.01. The number of nitrogens with zero attached hydrogens (tertiary/aromatic N) is 4. The Morgan fingerprint density at radius 3 is 2.72 bits per heavy atom. The van der Waals surface area contributed by atoms with Gasteiger partial charge < -0.3 is 15.5 Å². The van der Waals surface area contributed by atoms with Crippen LogP contribution in [0.4, 0.5) is 10.7 Å². The molecule has 2 N–H and O–H groups in total. The number of piperidine rings is 1. The number of urea groups is 1. The van der Waals surface area contributed by atoms with Crippen molar-refractivity contribution in [3.8, 4) is 10.6 Å². The van der Waals surface area contributed by atoms with Gasteiger partial charge in [0.1, 0.15) is 4.21 Å². The summed E-state index contributed by atoms with van der Waals surface area (Å²) in [6.07, 6.45) is 4.56. The number of sulfonamides is 1. The zero-order chi connectivity index (χ0) is 20.3. The van der Waals surface area contributed by atoms with Crippen molar-refractivity contribution in [2.45, 2.75) is 23.5 Å². The molecule has 2 amide bonds. The van der Waals surface area contributed by atoms with Gasteiger partial charge in [-0.15, -0.1) is 11.3 Å². The lowest BCUT2D eigenvalue weighted by Crippen LogP contribution is -2.35. The molecule has 2 saturated heterocycles. The number of aromatic nitrogens is 2. The highest BCUT2D eigenvalue weighted by Gasteiger charge is 2.27. The van der Waals surface area contributed by atoms with E-state index in [2.05, 4.69) is 20.6 Å². The number of amides is 2. The minimum Gasteiger partial charge on any atom is -0.352 e. The van der Waals surface area contributed by atoms with Crippen LogP contribution in [0.2, 0.25) is 0 Å². The SMILES string of the molecule is O=C1NCCN1CCNc1nccc(-c2ccc(S(=O)(=O)N3CCCCC3)s2)n1. The van der Waals surface area contributed by atoms with Crippen LogP contribution in [0, 0.1) is 0 Å². The molecule has 0 saturated carbocycles. The van der Waals surface area contributed by atoms with Crippen LogP contribution in [-0.4, -0.2) is 72.9 Å². The predicted molar refractivity (Wildman–Crippen MR) is 111 cm³/mol. The number of hydrogen-bond acceptors (Lipinski definition) is 7. The third kappa shape index (κ3) is 4.51. The summed E-state index contributed by atoms with van der Waals surface area (Å²) in [4.78, 5) is 22.8. The van der Waals surface area contributed by atoms with E-state index in [-0.39, 0.29) is 6.03 Å². The summed E-state index contributed by atoms with van der Waals surface area (Å²) in [5, 5.41) is 5.89. The summed E-state index contributed by atoms with van der Waals surface area (Å²) in [5.74, 6) is 0.455. The Kier molecular flexibility index (Phi) is 5.97. The van der Waals surface area contributed by atoms with E-state index in [0.717, 1.165) is 24.1 Å². The fourth-order valence-corrected chi connectivity index (χ4v) is 6.38. The van der Waals surface area contributed by atoms with Crippen molar-refractivity contribution in [1.29, 1.82) is 0 Å². The maximum atomic E-state index is 12.8. The lowest BCUT2D eigenvalue weighted by molar-refractivity contribution is 0.219. The Labute approximate surface area is 174 Å². The molecule has 4 rings (SSSR count). The Morgan fingerprint density at radius 1 is 1.14 bits per heavy atom. The highest BCUT2D eigenvalue weighted by atomic mass is 32.2. The molecule has 0 aromatic carbocycles. The van der Waals surface area contributed by atoms with Gasteiger partial charge in [0.15, 0.2) is 0 Å². The summed E-state index contributed by atoms with van der Waals surface area (Å²) in [5.41, 5.74) is 0.673. The minimum atomic E-state index is -3.44. The van der Waals surface area contributed by atoms with E-state index < -0.39 is 10.0 Å². The first-order valence-electron chi connectivity index (χ1n) is 9.74. The van der Waals surface area contributed by atoms with E-state index in [1.165, 1.54) is 11.3 Å². The van der Waals surface area contributed by atoms with Gasteiger partial charge in [0, 0.05) is 45.5 Å². The van der Waals surface area contributed by atoms with Gasteiger partial charge in [-0.3, -0.25) is 0 Å². The molecule has 2 aromatic heterocycles. The Bertz CT molecular complexity index is 971. The van der Waals surface area contributed by atoms with Crippen LogP contribution < -0.4 is 10.6 Å². The monoisotopic (exact) mass is 436 g/mol. The van der Waals surface area contributed by atoms with Gasteiger partial charge in [-0.1, -0.05) is 6.42 Å². The fraction of sp³-hybridized carbons (Fsp3) is 0.500. The van der Waals surface area contributed by atoms with Crippen LogP contribution in [0.3, 0.4) is 0 Å². The van der Waals surface area contributed by atoms with Crippen molar-refractivity contribution in [3.63, 3.8) is 0 Å². The van der Waals surface area contributed by atoms with Gasteiger partial charge in [0.2, 0.25) is 5.95 Å². The zero-order valence-electron chi connectivity index (χ0n) is 16.0. The topological polar surface area (TPSA) is 108 Å². The van der Waals surface area contributed by atoms with E-state index in [1.54, 1.807) is 33.6 Å². The highest BCUT2D eigenvalue weighted by Crippen LogP contribution is 2.32. The average Bonchev–Trinajstić information content (AvgIpc) is 3.39. The van der Waals surface area contributed by atoms with Crippen molar-refractivity contribution < 1.29 is 13.2 Å². The number of thiophene rings is 1. The van der Waals surface area contributed by atoms with Gasteiger partial charge in [0.25, 0.3) is 10.0 Å². The van der Waals surface area contributed by atoms with Crippen LogP contribution in [0.25, 0.3) is 10.6 Å². The maximum Gasteiger partial charge on any atom is 0.317 e. The molecule has 0 bridgehead atoms. The Hall–Kier alpha value is -2.24. The maximum absolute atomic E-state index is 12.8. The van der Waals surface area contributed by atoms with Gasteiger partial charge in [-0.25, -0.2) is 23.2 Å². The van der Waals surface area contributed by atoms with E-state index in [0.29, 0.717) is 55.1 Å². The molecule has 0 atom stereocenters. The van der Waals surface area contributed by atoms with Crippen molar-refractivity contribution in [3.05, 3.63) is 24.4 Å². The second-order valence-electron chi connectivity index (χ2n) is 6.99. The van der Waals surface area contributed by atoms with Crippen molar-refractivity contribution in [1.82, 2.24) is 24.5 Å². The average molecular weight is 437 g/mol. The third-order valence-corrected chi connectivity index (χ3v) is 8.48. The van der Waals surface area contributed by atoms with Gasteiger partial charge >= 0.3 is 6.03 Å². The first-order valence-corrected chi connectivity index (χ1v) is 12.0. The van der Waals surface area contributed by atoms with Gasteiger partial charge in [-0.2, -0.15) is 4.31 Å². The number of rotatable bonds is 7. The fourth-order valence-electron chi connectivity index (χ4n) is 3.44. The van der Waals surface area contributed by atoms with Crippen LogP contribution in [-0.2, 0) is 10.0 Å². The van der Waals surface area contributed by atoms with E-state index >= 15 is 0 Å². The molecule has 2 aromatic rings. The van der Waals surface area contributed by atoms with Gasteiger partial charge in [0.05, 0.1) is 10.6 Å². The first-order chi connectivity index (χ1) is 14.0. The lowest BCUT2D eigenvalue weighted by atomic mass is 10.2. The lowest BCUT2D eigenvalue weighted by Gasteiger charge is -2.25. The second-order valence-corrected chi connectivity index (χ2v) is 10.2. The number of nitrogens with one attached hydrogen (secondary N) is 2. The molecular formula is C18H24N6O3S2. The number of carbonyl (C=O) groups is 1. The molecule has 0 radical (unpaired) electrons. The van der Waals surface area contributed by atoms with Crippen LogP contribution in [0.15, 0.2) is 28.6 Å². The van der Waals surface area contributed by atoms with E-state index in [9.17, 15) is 13.2 Å². The molecule has 0 spiro atoms. The van der Waals surface area contributed by atoms with Crippen molar-refractivity contribution in [2.24, 2.45) is 0 Å². The van der Waals surface area contributed by atoms with Crippen LogP contribution >= 0.6 is 11.3 Å². The van der Waals surface area contributed by atoms with Crippen LogP contribution in [0.1, 0.15) is 19.3 Å². The summed E-state index contributed by atoms with van der Waals surface area (Å²) in [6.45, 7) is 3.65. The number of carbonyl (C=O) groups excluding carboxylic acids is 1. The quantitative estimate of drug-likeness (QED) is 0.686. The highest BCUT2D eigenvalue weighted by molar-refractivity contribution is 7.91. The van der Waals surface area contributed by atoms with Crippen LogP contribution in [0.5, 0.6) is 0 Å². The van der Waals surface area contributed by atoms with E-state index in [4.69, 9.17) is 0 Å². The van der Waals surface area contributed by atoms with E-state index in [1.807, 2.05) is 0 Å². The number of anilines is 1. The molecule has 156 valence electrons. The second kappa shape index (κ2) is 8.64. The largest absolute Gasteiger partial charge is 0.352 e. The van der Waals surface area contributed by atoms with Crippen molar-refractivity contribution in [2.75, 3.05) is 44.6 Å². The molecular weight excluding hydrogens is 412 g/mol. The number of hydrogen-bond donors (Lipinski definition) is 2. The smallest absolute Gasteiger partial charge is 0.317 e. The first kappa shape index (κ1) is 20.0. The molecule has 0 aliphatic carbocycles. The molecule has 2 aliphatic heterocycles. The summed E-state index contributed by atoms with van der Waals surface area (Å²) in [7, 11) is -3.44. The molecule has 9 nitrogen and oxygen atoms in total. The molecule has 11 heteroatoms. The normalized spacial score (nSPS) is 18.1. The zero-order valence-corrected chi connectivity index (χ0v) is 17.6. The molecule has 4 heterocycles. The predicted octanol–water partition coefficient (Wildman–Crippen LogP) is 1.82. The summed E-state index contributed by atoms with van der Waals surface area (Å²) >= 11 is 1.23. The summed E-state index contributed by atoms with van der Waals surface area (Å²) in [6, 6.07) is 5.16. The Balaban J connectivity index is 1.42. The molecule has 0 unspecified atom stereocenters. The Morgan fingerprint density at radius 2 is 1.97 bits per heavy atom. The molecule has 29 heavy (non-hydrogen) atoms. The van der Waals surface area contributed by atoms with Gasteiger partial charge in [-0.05, 0) is 31.0 Å². The summed E-state index contributed by atoms with van der Waals surface area (Å²) < 4.78 is 27.6.